The minimum absolute atomic E-state index is 0.176. The highest BCUT2D eigenvalue weighted by molar-refractivity contribution is 5.83. The summed E-state index contributed by atoms with van der Waals surface area (Å²) < 4.78 is 0. The molecule has 0 aromatic heterocycles. The van der Waals surface area contributed by atoms with Crippen LogP contribution in [0.1, 0.15) is 71.1 Å². The molecular formula is C23H38O5. The van der Waals surface area contributed by atoms with Gasteiger partial charge in [0.1, 0.15) is 12.2 Å². The molecule has 0 aliphatic heterocycles. The maximum atomic E-state index is 11.5. The van der Waals surface area contributed by atoms with Gasteiger partial charge in [0.05, 0.1) is 12.4 Å². The third-order valence-electron chi connectivity index (χ3n) is 4.24. The first-order chi connectivity index (χ1) is 13.5. The van der Waals surface area contributed by atoms with Crippen LogP contribution in [-0.2, 0) is 4.79 Å². The second kappa shape index (κ2) is 18.7. The van der Waals surface area contributed by atoms with Crippen molar-refractivity contribution in [3.63, 3.8) is 0 Å². The molecule has 4 N–H and O–H groups in total. The Morgan fingerprint density at radius 1 is 0.893 bits per heavy atom. The summed E-state index contributed by atoms with van der Waals surface area (Å²) in [4.78, 5) is 11.5. The van der Waals surface area contributed by atoms with Crippen molar-refractivity contribution in [1.29, 1.82) is 0 Å². The molecule has 2 atom stereocenters. The van der Waals surface area contributed by atoms with Crippen LogP contribution in [0.4, 0.5) is 0 Å². The lowest BCUT2D eigenvalue weighted by molar-refractivity contribution is -0.134. The molecule has 0 aliphatic rings. The van der Waals surface area contributed by atoms with Gasteiger partial charge >= 0.3 is 0 Å². The summed E-state index contributed by atoms with van der Waals surface area (Å²) in [7, 11) is 0. The zero-order valence-corrected chi connectivity index (χ0v) is 17.2. The molecule has 0 spiro atoms. The van der Waals surface area contributed by atoms with Gasteiger partial charge in [0.25, 0.3) is 0 Å². The smallest absolute Gasteiger partial charge is 0.164 e. The lowest BCUT2D eigenvalue weighted by Crippen LogP contribution is -2.36. The summed E-state index contributed by atoms with van der Waals surface area (Å²) >= 11 is 0. The average Bonchev–Trinajstić information content (AvgIpc) is 2.70. The van der Waals surface area contributed by atoms with Gasteiger partial charge in [0.15, 0.2) is 5.78 Å². The summed E-state index contributed by atoms with van der Waals surface area (Å²) in [5.41, 5.74) is 0. The number of aliphatic hydroxyl groups excluding tert-OH is 4. The maximum Gasteiger partial charge on any atom is 0.164 e. The zero-order chi connectivity index (χ0) is 21.0. The van der Waals surface area contributed by atoms with Crippen molar-refractivity contribution < 1.29 is 25.2 Å². The summed E-state index contributed by atoms with van der Waals surface area (Å²) in [6, 6.07) is 0. The van der Waals surface area contributed by atoms with Crippen molar-refractivity contribution in [2.24, 2.45) is 0 Å². The minimum atomic E-state index is -1.50. The molecule has 0 saturated carbocycles. The SMILES string of the molecule is CCCCC/C=C\C/C(O)=C\C/C=C\C/C=C\CCCC(=O)C(O)C(O)CO. The van der Waals surface area contributed by atoms with Crippen molar-refractivity contribution >= 4 is 5.78 Å². The van der Waals surface area contributed by atoms with Gasteiger partial charge in [-0.1, -0.05) is 56.2 Å². The van der Waals surface area contributed by atoms with Crippen molar-refractivity contribution in [3.8, 4) is 0 Å². The van der Waals surface area contributed by atoms with Crippen LogP contribution in [0.3, 0.4) is 0 Å². The lowest BCUT2D eigenvalue weighted by Gasteiger charge is -2.13. The Balaban J connectivity index is 3.76. The molecule has 0 amide bonds. The molecule has 0 saturated heterocycles. The Morgan fingerprint density at radius 3 is 2.25 bits per heavy atom. The predicted octanol–water partition coefficient (Wildman–Crippen LogP) is 4.30. The van der Waals surface area contributed by atoms with Crippen LogP contribution in [0.5, 0.6) is 0 Å². The highest BCUT2D eigenvalue weighted by Crippen LogP contribution is 2.06. The van der Waals surface area contributed by atoms with Crippen molar-refractivity contribution in [2.45, 2.75) is 83.3 Å². The van der Waals surface area contributed by atoms with Crippen LogP contribution < -0.4 is 0 Å². The average molecular weight is 395 g/mol. The van der Waals surface area contributed by atoms with Gasteiger partial charge in [-0.15, -0.1) is 0 Å². The molecule has 0 aromatic carbocycles. The summed E-state index contributed by atoms with van der Waals surface area (Å²) in [6.45, 7) is 1.56. The summed E-state index contributed by atoms with van der Waals surface area (Å²) in [5.74, 6) is -0.0534. The Kier molecular flexibility index (Phi) is 17.5. The standard InChI is InChI=1S/C23H38O5/c1-2-3-4-5-10-13-16-20(25)17-14-11-8-6-7-9-12-15-18-21(26)23(28)22(27)19-24/h7-11,13,17,22-25,27-28H,2-6,12,14-16,18-19H2,1H3/b9-7-,11-8-,13-10-,20-17+. The number of allylic oxidation sites excluding steroid dienone is 7. The van der Waals surface area contributed by atoms with E-state index in [0.717, 1.165) is 12.8 Å². The van der Waals surface area contributed by atoms with E-state index in [-0.39, 0.29) is 6.42 Å². The Hall–Kier alpha value is -1.69. The van der Waals surface area contributed by atoms with Crippen LogP contribution in [0.25, 0.3) is 0 Å². The molecule has 0 aliphatic carbocycles. The quantitative estimate of drug-likeness (QED) is 0.167. The highest BCUT2D eigenvalue weighted by Gasteiger charge is 2.22. The van der Waals surface area contributed by atoms with E-state index in [1.165, 1.54) is 19.3 Å². The van der Waals surface area contributed by atoms with E-state index < -0.39 is 24.6 Å². The van der Waals surface area contributed by atoms with Gasteiger partial charge in [-0.05, 0) is 44.6 Å². The van der Waals surface area contributed by atoms with Crippen molar-refractivity contribution in [3.05, 3.63) is 48.3 Å². The van der Waals surface area contributed by atoms with Gasteiger partial charge in [-0.25, -0.2) is 0 Å². The molecule has 0 radical (unpaired) electrons. The van der Waals surface area contributed by atoms with E-state index in [9.17, 15) is 20.1 Å². The fraction of sp³-hybridized carbons (Fsp3) is 0.609. The molecule has 0 fully saturated rings. The normalized spacial score (nSPS) is 15.1. The third-order valence-corrected chi connectivity index (χ3v) is 4.24. The van der Waals surface area contributed by atoms with Gasteiger partial charge in [0.2, 0.25) is 0 Å². The molecule has 5 nitrogen and oxygen atoms in total. The Morgan fingerprint density at radius 2 is 1.54 bits per heavy atom. The van der Waals surface area contributed by atoms with E-state index in [1.807, 2.05) is 36.5 Å². The number of ketones is 1. The number of carbonyl (C=O) groups is 1. The highest BCUT2D eigenvalue weighted by atomic mass is 16.4. The number of hydrogen-bond donors (Lipinski definition) is 4. The maximum absolute atomic E-state index is 11.5. The molecule has 0 rings (SSSR count). The van der Waals surface area contributed by atoms with Gasteiger partial charge in [0, 0.05) is 12.8 Å². The number of carbonyl (C=O) groups excluding carboxylic acids is 1. The second-order valence-electron chi connectivity index (χ2n) is 6.83. The topological polar surface area (TPSA) is 98.0 Å². The first kappa shape index (κ1) is 26.3. The molecule has 160 valence electrons. The lowest BCUT2D eigenvalue weighted by atomic mass is 10.0. The van der Waals surface area contributed by atoms with Crippen LogP contribution in [-0.4, -0.2) is 45.0 Å². The third kappa shape index (κ3) is 15.4. The fourth-order valence-corrected chi connectivity index (χ4v) is 2.46. The molecule has 0 aromatic rings. The Labute approximate surface area is 169 Å². The minimum Gasteiger partial charge on any atom is -0.512 e. The molecule has 2 unspecified atom stereocenters. The molecule has 0 bridgehead atoms. The summed E-state index contributed by atoms with van der Waals surface area (Å²) in [6.07, 6.45) is 19.4. The van der Waals surface area contributed by atoms with Crippen molar-refractivity contribution in [1.82, 2.24) is 0 Å². The van der Waals surface area contributed by atoms with E-state index in [4.69, 9.17) is 5.11 Å². The molecular weight excluding hydrogens is 356 g/mol. The second-order valence-corrected chi connectivity index (χ2v) is 6.83. The number of hydrogen-bond acceptors (Lipinski definition) is 5. The number of Topliss-reactive ketones (excluding diaryl/α,β-unsaturated/α-hetero) is 1. The molecule has 0 heterocycles. The van der Waals surface area contributed by atoms with Crippen molar-refractivity contribution in [2.75, 3.05) is 6.61 Å². The van der Waals surface area contributed by atoms with Crippen LogP contribution in [0, 0.1) is 0 Å². The first-order valence-electron chi connectivity index (χ1n) is 10.4. The number of rotatable bonds is 17. The van der Waals surface area contributed by atoms with Crippen LogP contribution in [0.2, 0.25) is 0 Å². The van der Waals surface area contributed by atoms with Gasteiger partial charge in [-0.3, -0.25) is 4.79 Å². The largest absolute Gasteiger partial charge is 0.512 e. The van der Waals surface area contributed by atoms with Crippen LogP contribution >= 0.6 is 0 Å². The molecule has 28 heavy (non-hydrogen) atoms. The van der Waals surface area contributed by atoms with E-state index in [0.29, 0.717) is 31.4 Å². The zero-order valence-electron chi connectivity index (χ0n) is 17.2. The number of unbranched alkanes of at least 4 members (excludes halogenated alkanes) is 4. The monoisotopic (exact) mass is 394 g/mol. The van der Waals surface area contributed by atoms with Gasteiger partial charge in [-0.2, -0.15) is 0 Å². The van der Waals surface area contributed by atoms with E-state index >= 15 is 0 Å². The molecule has 5 heteroatoms. The Bertz CT molecular complexity index is 505. The van der Waals surface area contributed by atoms with Gasteiger partial charge < -0.3 is 20.4 Å². The van der Waals surface area contributed by atoms with E-state index in [2.05, 4.69) is 13.0 Å². The van der Waals surface area contributed by atoms with E-state index in [1.54, 1.807) is 0 Å². The fourth-order valence-electron chi connectivity index (χ4n) is 2.46. The predicted molar refractivity (Wildman–Crippen MR) is 114 cm³/mol. The first-order valence-corrected chi connectivity index (χ1v) is 10.4. The number of aliphatic hydroxyl groups is 4. The van der Waals surface area contributed by atoms with Crippen LogP contribution in [0.15, 0.2) is 48.3 Å². The summed E-state index contributed by atoms with van der Waals surface area (Å²) in [5, 5.41) is 37.1.